The lowest BCUT2D eigenvalue weighted by Gasteiger charge is -2.03. The van der Waals surface area contributed by atoms with E-state index in [0.29, 0.717) is 6.54 Å². The third kappa shape index (κ3) is 2.86. The molecule has 1 aromatic heterocycles. The van der Waals surface area contributed by atoms with Gasteiger partial charge < -0.3 is 17.2 Å². The predicted octanol–water partition coefficient (Wildman–Crippen LogP) is -0.493. The van der Waals surface area contributed by atoms with Gasteiger partial charge in [-0.1, -0.05) is 35.5 Å². The molecule has 19 heavy (non-hydrogen) atoms. The summed E-state index contributed by atoms with van der Waals surface area (Å²) in [7, 11) is 0. The van der Waals surface area contributed by atoms with Crippen LogP contribution in [-0.2, 0) is 6.54 Å². The molecule has 0 fully saturated rings. The van der Waals surface area contributed by atoms with Crippen molar-refractivity contribution in [2.45, 2.75) is 6.54 Å². The van der Waals surface area contributed by atoms with Crippen LogP contribution in [0.2, 0.25) is 0 Å². The molecule has 0 aliphatic heterocycles. The van der Waals surface area contributed by atoms with Crippen molar-refractivity contribution in [1.82, 2.24) is 15.0 Å². The monoisotopic (exact) mass is 258 g/mol. The van der Waals surface area contributed by atoms with E-state index in [4.69, 9.17) is 22.6 Å². The summed E-state index contributed by atoms with van der Waals surface area (Å²) in [5.74, 6) is -0.148. The number of rotatable bonds is 3. The molecule has 8 heteroatoms. The average Bonchev–Trinajstić information content (AvgIpc) is 2.72. The van der Waals surface area contributed by atoms with Crippen molar-refractivity contribution in [3.8, 4) is 0 Å². The van der Waals surface area contributed by atoms with Crippen LogP contribution in [0.3, 0.4) is 0 Å². The van der Waals surface area contributed by atoms with Crippen LogP contribution in [0.25, 0.3) is 0 Å². The second-order valence-electron chi connectivity index (χ2n) is 3.85. The van der Waals surface area contributed by atoms with Crippen LogP contribution in [0.15, 0.2) is 35.3 Å². The number of nitrogen functional groups attached to an aromatic ring is 1. The maximum atomic E-state index is 7.05. The zero-order valence-electron chi connectivity index (χ0n) is 10.1. The topological polar surface area (TPSA) is 145 Å². The molecule has 2 rings (SSSR count). The van der Waals surface area contributed by atoms with Gasteiger partial charge in [0.05, 0.1) is 6.54 Å². The minimum absolute atomic E-state index is 0.0238. The molecule has 0 aliphatic carbocycles. The van der Waals surface area contributed by atoms with E-state index < -0.39 is 5.96 Å². The Kier molecular flexibility index (Phi) is 3.42. The predicted molar refractivity (Wildman–Crippen MR) is 72.6 cm³/mol. The third-order valence-electron chi connectivity index (χ3n) is 2.43. The van der Waals surface area contributed by atoms with Crippen molar-refractivity contribution in [3.05, 3.63) is 41.6 Å². The molecule has 0 saturated carbocycles. The molecule has 98 valence electrons. The van der Waals surface area contributed by atoms with Crippen molar-refractivity contribution >= 4 is 17.6 Å². The molecule has 0 saturated heterocycles. The number of anilines is 1. The molecular weight excluding hydrogens is 244 g/mol. The molecule has 0 unspecified atom stereocenters. The first-order valence-corrected chi connectivity index (χ1v) is 5.49. The van der Waals surface area contributed by atoms with E-state index in [2.05, 4.69) is 15.3 Å². The van der Waals surface area contributed by atoms with E-state index in [1.54, 1.807) is 0 Å². The van der Waals surface area contributed by atoms with Gasteiger partial charge >= 0.3 is 0 Å². The fraction of sp³-hybridized carbons (Fsp3) is 0.0909. The van der Waals surface area contributed by atoms with Crippen LogP contribution in [0, 0.1) is 5.41 Å². The first-order chi connectivity index (χ1) is 9.08. The van der Waals surface area contributed by atoms with Gasteiger partial charge in [-0.05, 0) is 5.56 Å². The summed E-state index contributed by atoms with van der Waals surface area (Å²) >= 11 is 0. The molecule has 8 nitrogen and oxygen atoms in total. The number of nitrogens with one attached hydrogen (secondary N) is 1. The van der Waals surface area contributed by atoms with Gasteiger partial charge in [0.1, 0.15) is 0 Å². The molecular formula is C11H14N8. The Labute approximate surface area is 109 Å². The van der Waals surface area contributed by atoms with Crippen LogP contribution in [0.1, 0.15) is 11.3 Å². The Morgan fingerprint density at radius 2 is 1.95 bits per heavy atom. The third-order valence-corrected chi connectivity index (χ3v) is 2.43. The Hall–Kier alpha value is -2.90. The molecule has 0 aliphatic rings. The molecule has 2 aromatic rings. The number of aliphatic imine (C=N–C) groups is 1. The summed E-state index contributed by atoms with van der Waals surface area (Å²) in [6, 6.07) is 9.68. The largest absolute Gasteiger partial charge is 0.382 e. The Morgan fingerprint density at radius 1 is 1.26 bits per heavy atom. The lowest BCUT2D eigenvalue weighted by molar-refractivity contribution is 0.657. The molecule has 0 atom stereocenters. The highest BCUT2D eigenvalue weighted by Gasteiger charge is 2.13. The Balaban J connectivity index is 2.26. The quantitative estimate of drug-likeness (QED) is 0.433. The highest BCUT2D eigenvalue weighted by atomic mass is 15.5. The minimum Gasteiger partial charge on any atom is -0.382 e. The molecule has 1 heterocycles. The number of guanidine groups is 1. The van der Waals surface area contributed by atoms with E-state index >= 15 is 0 Å². The molecule has 1 aromatic carbocycles. The van der Waals surface area contributed by atoms with Crippen molar-refractivity contribution in [2.75, 3.05) is 5.73 Å². The number of hydrogen-bond donors (Lipinski definition) is 4. The molecule has 0 radical (unpaired) electrons. The summed E-state index contributed by atoms with van der Waals surface area (Å²) < 4.78 is 1.51. The highest BCUT2D eigenvalue weighted by Crippen LogP contribution is 2.10. The second kappa shape index (κ2) is 5.17. The Morgan fingerprint density at radius 3 is 2.58 bits per heavy atom. The van der Waals surface area contributed by atoms with Gasteiger partial charge in [0.2, 0.25) is 5.96 Å². The van der Waals surface area contributed by atoms with Crippen LogP contribution in [0.4, 0.5) is 5.82 Å². The second-order valence-corrected chi connectivity index (χ2v) is 3.85. The van der Waals surface area contributed by atoms with Crippen LogP contribution in [-0.4, -0.2) is 26.8 Å². The van der Waals surface area contributed by atoms with Crippen LogP contribution in [0.5, 0.6) is 0 Å². The zero-order valence-corrected chi connectivity index (χ0v) is 10.1. The van der Waals surface area contributed by atoms with E-state index in [1.165, 1.54) is 4.68 Å². The molecule has 0 bridgehead atoms. The van der Waals surface area contributed by atoms with Gasteiger partial charge in [-0.2, -0.15) is 4.99 Å². The smallest absolute Gasteiger partial charge is 0.214 e. The first-order valence-electron chi connectivity index (χ1n) is 5.49. The summed E-state index contributed by atoms with van der Waals surface area (Å²) in [6.45, 7) is 0.479. The fourth-order valence-electron chi connectivity index (χ4n) is 1.56. The fourth-order valence-corrected chi connectivity index (χ4v) is 1.56. The summed E-state index contributed by atoms with van der Waals surface area (Å²) in [4.78, 5) is 3.59. The Bertz CT molecular complexity index is 613. The highest BCUT2D eigenvalue weighted by molar-refractivity contribution is 6.05. The lowest BCUT2D eigenvalue weighted by Crippen LogP contribution is -2.20. The normalized spacial score (nSPS) is 11.5. The average molecular weight is 258 g/mol. The zero-order chi connectivity index (χ0) is 13.8. The van der Waals surface area contributed by atoms with Crippen LogP contribution < -0.4 is 17.2 Å². The number of benzene rings is 1. The molecule has 0 amide bonds. The first kappa shape index (κ1) is 12.6. The number of hydrogen-bond acceptors (Lipinski definition) is 4. The minimum atomic E-state index is -0.408. The van der Waals surface area contributed by atoms with Crippen LogP contribution >= 0.6 is 0 Å². The maximum absolute atomic E-state index is 7.05. The lowest BCUT2D eigenvalue weighted by atomic mass is 10.2. The number of aromatic nitrogens is 3. The van der Waals surface area contributed by atoms with E-state index in [1.807, 2.05) is 30.3 Å². The van der Waals surface area contributed by atoms with Crippen molar-refractivity contribution in [2.24, 2.45) is 16.5 Å². The van der Waals surface area contributed by atoms with Crippen molar-refractivity contribution in [3.63, 3.8) is 0 Å². The van der Waals surface area contributed by atoms with Gasteiger partial charge in [-0.3, -0.25) is 5.41 Å². The van der Waals surface area contributed by atoms with Crippen molar-refractivity contribution in [1.29, 1.82) is 5.41 Å². The number of amidine groups is 1. The van der Waals surface area contributed by atoms with Gasteiger partial charge in [0, 0.05) is 0 Å². The van der Waals surface area contributed by atoms with E-state index in [-0.39, 0.29) is 17.3 Å². The number of nitrogens with two attached hydrogens (primary N) is 3. The maximum Gasteiger partial charge on any atom is 0.214 e. The summed E-state index contributed by atoms with van der Waals surface area (Å²) in [6.07, 6.45) is 0. The number of nitrogens with zero attached hydrogens (tertiary/aromatic N) is 4. The van der Waals surface area contributed by atoms with Gasteiger partial charge in [0.25, 0.3) is 0 Å². The summed E-state index contributed by atoms with van der Waals surface area (Å²) in [5, 5.41) is 14.8. The summed E-state index contributed by atoms with van der Waals surface area (Å²) in [5.41, 5.74) is 17.9. The molecule has 0 spiro atoms. The van der Waals surface area contributed by atoms with Crippen molar-refractivity contribution < 1.29 is 0 Å². The van der Waals surface area contributed by atoms with Gasteiger partial charge in [0.15, 0.2) is 17.3 Å². The standard InChI is InChI=1S/C11H14N8/c12-9(16-11(14)15)8-10(13)19(18-17-8)6-7-4-2-1-3-5-7/h1-5H,6,13H2,(H5,12,14,15,16). The van der Waals surface area contributed by atoms with E-state index in [0.717, 1.165) is 5.56 Å². The van der Waals surface area contributed by atoms with Gasteiger partial charge in [-0.25, -0.2) is 4.68 Å². The van der Waals surface area contributed by atoms with E-state index in [9.17, 15) is 0 Å². The van der Waals surface area contributed by atoms with Gasteiger partial charge in [-0.15, -0.1) is 5.10 Å². The molecule has 7 N–H and O–H groups in total. The SMILES string of the molecule is N=C(N)/N=C(\N)c1nnn(Cc2ccccc2)c1N.